The van der Waals surface area contributed by atoms with E-state index in [0.717, 1.165) is 9.88 Å². The zero-order chi connectivity index (χ0) is 8.55. The van der Waals surface area contributed by atoms with Crippen LogP contribution in [0.1, 0.15) is 6.42 Å². The molecule has 0 bridgehead atoms. The molecule has 1 unspecified atom stereocenters. The minimum absolute atomic E-state index is 0.363. The number of nitrogens with zero attached hydrogens (tertiary/aromatic N) is 1. The first kappa shape index (κ1) is 7.49. The van der Waals surface area contributed by atoms with Crippen molar-refractivity contribution in [2.24, 2.45) is 5.92 Å². The Morgan fingerprint density at radius 1 is 1.75 bits per heavy atom. The molecule has 1 heterocycles. The second kappa shape index (κ2) is 2.71. The highest BCUT2D eigenvalue weighted by Crippen LogP contribution is 2.08. The Kier molecular flexibility index (Phi) is 1.69. The highest BCUT2D eigenvalue weighted by Gasteiger charge is 2.15. The van der Waals surface area contributed by atoms with Crippen LogP contribution in [0.3, 0.4) is 0 Å². The summed E-state index contributed by atoms with van der Waals surface area (Å²) in [7, 11) is 0. The number of carbonyl (C=O) groups is 1. The topological polar surface area (TPSA) is 50.2 Å². The predicted octanol–water partition coefficient (Wildman–Crippen LogP) is -0.191. The van der Waals surface area contributed by atoms with Gasteiger partial charge in [0.05, 0.1) is 21.3 Å². The molecule has 0 fully saturated rings. The van der Waals surface area contributed by atoms with E-state index in [4.69, 9.17) is 5.11 Å². The molecule has 1 aromatic heterocycles. The van der Waals surface area contributed by atoms with Crippen LogP contribution in [0.25, 0.3) is 12.2 Å². The van der Waals surface area contributed by atoms with Crippen molar-refractivity contribution < 1.29 is 9.90 Å². The van der Waals surface area contributed by atoms with Gasteiger partial charge in [0.15, 0.2) is 0 Å². The molecule has 1 aliphatic rings. The van der Waals surface area contributed by atoms with Crippen molar-refractivity contribution in [3.8, 4) is 0 Å². The fourth-order valence-electron chi connectivity index (χ4n) is 1.20. The first-order valence-corrected chi connectivity index (χ1v) is 4.49. The number of fused-ring (bicyclic) bond motifs is 1. The quantitative estimate of drug-likeness (QED) is 0.653. The molecule has 1 aliphatic carbocycles. The Hall–Kier alpha value is -1.16. The highest BCUT2D eigenvalue weighted by atomic mass is 32.1. The van der Waals surface area contributed by atoms with E-state index in [9.17, 15) is 4.79 Å². The van der Waals surface area contributed by atoms with E-state index in [-0.39, 0.29) is 5.92 Å². The molecule has 0 amide bonds. The van der Waals surface area contributed by atoms with Crippen LogP contribution in [0.15, 0.2) is 5.51 Å². The lowest BCUT2D eigenvalue weighted by atomic mass is 10.0. The van der Waals surface area contributed by atoms with Crippen LogP contribution in [0.4, 0.5) is 0 Å². The molecule has 1 atom stereocenters. The SMILES string of the molecule is O=C(O)C1C=c2scnc2=CC1. The third-order valence-corrected chi connectivity index (χ3v) is 2.67. The van der Waals surface area contributed by atoms with E-state index >= 15 is 0 Å². The summed E-state index contributed by atoms with van der Waals surface area (Å²) >= 11 is 1.49. The third kappa shape index (κ3) is 1.14. The normalized spacial score (nSPS) is 20.5. The number of hydrogen-bond donors (Lipinski definition) is 1. The maximum atomic E-state index is 10.6. The summed E-state index contributed by atoms with van der Waals surface area (Å²) < 4.78 is 0.980. The van der Waals surface area contributed by atoms with Gasteiger partial charge in [0.2, 0.25) is 0 Å². The van der Waals surface area contributed by atoms with Crippen molar-refractivity contribution >= 4 is 29.5 Å². The zero-order valence-corrected chi connectivity index (χ0v) is 7.04. The molecule has 0 aliphatic heterocycles. The number of hydrogen-bond acceptors (Lipinski definition) is 3. The molecule has 0 spiro atoms. The molecule has 4 heteroatoms. The van der Waals surface area contributed by atoms with Crippen molar-refractivity contribution in [1.82, 2.24) is 4.98 Å². The Balaban J connectivity index is 2.52. The van der Waals surface area contributed by atoms with Gasteiger partial charge in [-0.15, -0.1) is 11.3 Å². The van der Waals surface area contributed by atoms with Gasteiger partial charge in [-0.1, -0.05) is 12.2 Å². The molecular formula is C8H7NO2S. The van der Waals surface area contributed by atoms with E-state index in [1.807, 2.05) is 6.08 Å². The molecule has 62 valence electrons. The maximum absolute atomic E-state index is 10.6. The van der Waals surface area contributed by atoms with E-state index in [1.54, 1.807) is 11.6 Å². The van der Waals surface area contributed by atoms with Crippen LogP contribution in [-0.4, -0.2) is 16.1 Å². The summed E-state index contributed by atoms with van der Waals surface area (Å²) in [5.41, 5.74) is 1.74. The van der Waals surface area contributed by atoms with Crippen molar-refractivity contribution in [1.29, 1.82) is 0 Å². The molecule has 3 nitrogen and oxygen atoms in total. The van der Waals surface area contributed by atoms with Gasteiger partial charge in [0, 0.05) is 0 Å². The zero-order valence-electron chi connectivity index (χ0n) is 6.23. The van der Waals surface area contributed by atoms with Crippen LogP contribution < -0.4 is 9.88 Å². The molecule has 0 saturated carbocycles. The summed E-state index contributed by atoms with van der Waals surface area (Å²) in [5.74, 6) is -1.12. The monoisotopic (exact) mass is 181 g/mol. The molecule has 0 radical (unpaired) electrons. The van der Waals surface area contributed by atoms with E-state index in [2.05, 4.69) is 4.98 Å². The lowest BCUT2D eigenvalue weighted by molar-refractivity contribution is -0.139. The minimum atomic E-state index is -0.759. The number of aromatic nitrogens is 1. The Morgan fingerprint density at radius 2 is 2.58 bits per heavy atom. The average Bonchev–Trinajstić information content (AvgIpc) is 2.49. The van der Waals surface area contributed by atoms with Crippen molar-refractivity contribution in [2.45, 2.75) is 6.42 Å². The van der Waals surface area contributed by atoms with Crippen LogP contribution in [0, 0.1) is 5.92 Å². The van der Waals surface area contributed by atoms with E-state index in [1.165, 1.54) is 11.3 Å². The molecule has 12 heavy (non-hydrogen) atoms. The molecule has 0 saturated heterocycles. The van der Waals surface area contributed by atoms with Crippen LogP contribution in [0.5, 0.6) is 0 Å². The van der Waals surface area contributed by atoms with Gasteiger partial charge in [-0.05, 0) is 6.42 Å². The average molecular weight is 181 g/mol. The molecule has 0 aromatic carbocycles. The van der Waals surface area contributed by atoms with E-state index in [0.29, 0.717) is 6.42 Å². The smallest absolute Gasteiger partial charge is 0.310 e. The van der Waals surface area contributed by atoms with Gasteiger partial charge in [0.1, 0.15) is 0 Å². The van der Waals surface area contributed by atoms with Gasteiger partial charge in [-0.2, -0.15) is 0 Å². The summed E-state index contributed by atoms with van der Waals surface area (Å²) in [6.07, 6.45) is 4.21. The number of carboxylic acid groups (broad SMARTS) is 1. The summed E-state index contributed by atoms with van der Waals surface area (Å²) in [4.78, 5) is 14.7. The number of thiazole rings is 1. The lowest BCUT2D eigenvalue weighted by Gasteiger charge is -2.04. The fourth-order valence-corrected chi connectivity index (χ4v) is 1.98. The summed E-state index contributed by atoms with van der Waals surface area (Å²) in [6, 6.07) is 0. The predicted molar refractivity (Wildman–Crippen MR) is 46.0 cm³/mol. The molecule has 1 aromatic rings. The Morgan fingerprint density at radius 3 is 3.33 bits per heavy atom. The second-order valence-corrected chi connectivity index (χ2v) is 3.54. The standard InChI is InChI=1S/C8H7NO2S/c10-8(11)5-1-2-6-7(3-5)12-4-9-6/h2-5H,1H2,(H,10,11). The van der Waals surface area contributed by atoms with E-state index < -0.39 is 5.97 Å². The van der Waals surface area contributed by atoms with Crippen LogP contribution >= 0.6 is 11.3 Å². The first-order chi connectivity index (χ1) is 5.77. The molecular weight excluding hydrogens is 174 g/mol. The van der Waals surface area contributed by atoms with Crippen molar-refractivity contribution in [3.05, 3.63) is 15.4 Å². The van der Waals surface area contributed by atoms with Gasteiger partial charge in [-0.25, -0.2) is 4.98 Å². The molecule has 1 N–H and O–H groups in total. The Bertz CT molecular complexity index is 421. The maximum Gasteiger partial charge on any atom is 0.310 e. The van der Waals surface area contributed by atoms with Gasteiger partial charge < -0.3 is 5.11 Å². The first-order valence-electron chi connectivity index (χ1n) is 3.62. The number of carboxylic acids is 1. The van der Waals surface area contributed by atoms with Crippen LogP contribution in [-0.2, 0) is 4.79 Å². The minimum Gasteiger partial charge on any atom is -0.481 e. The summed E-state index contributed by atoms with van der Waals surface area (Å²) in [5, 5.41) is 9.66. The van der Waals surface area contributed by atoms with Crippen molar-refractivity contribution in [3.63, 3.8) is 0 Å². The molecule has 2 rings (SSSR count). The van der Waals surface area contributed by atoms with Gasteiger partial charge in [-0.3, -0.25) is 4.79 Å². The van der Waals surface area contributed by atoms with Crippen molar-refractivity contribution in [2.75, 3.05) is 0 Å². The van der Waals surface area contributed by atoms with Crippen LogP contribution in [0.2, 0.25) is 0 Å². The lowest BCUT2D eigenvalue weighted by Crippen LogP contribution is -2.28. The van der Waals surface area contributed by atoms with Gasteiger partial charge in [0.25, 0.3) is 0 Å². The fraction of sp³-hybridized carbons (Fsp3) is 0.250. The largest absolute Gasteiger partial charge is 0.481 e. The third-order valence-electron chi connectivity index (χ3n) is 1.86. The highest BCUT2D eigenvalue weighted by molar-refractivity contribution is 7.07. The second-order valence-electron chi connectivity index (χ2n) is 2.65. The number of rotatable bonds is 1. The van der Waals surface area contributed by atoms with Gasteiger partial charge >= 0.3 is 5.97 Å². The summed E-state index contributed by atoms with van der Waals surface area (Å²) in [6.45, 7) is 0. The number of aliphatic carboxylic acids is 1. The Labute approximate surface area is 72.7 Å².